The van der Waals surface area contributed by atoms with Crippen LogP contribution in [0, 0.1) is 40.4 Å². The van der Waals surface area contributed by atoms with Gasteiger partial charge in [0, 0.05) is 5.92 Å². The van der Waals surface area contributed by atoms with E-state index < -0.39 is 0 Å². The van der Waals surface area contributed by atoms with Gasteiger partial charge in [-0.25, -0.2) is 5.01 Å². The first-order chi connectivity index (χ1) is 15.1. The van der Waals surface area contributed by atoms with E-state index in [9.17, 15) is 9.59 Å². The molecule has 1 aliphatic heterocycles. The Morgan fingerprint density at radius 2 is 1.91 bits per heavy atom. The van der Waals surface area contributed by atoms with Gasteiger partial charge in [-0.2, -0.15) is 5.10 Å². The molecule has 0 spiro atoms. The summed E-state index contributed by atoms with van der Waals surface area (Å²) in [6.45, 7) is 11.4. The quantitative estimate of drug-likeness (QED) is 0.679. The van der Waals surface area contributed by atoms with Crippen LogP contribution >= 0.6 is 0 Å². The molecule has 4 aliphatic carbocycles. The summed E-state index contributed by atoms with van der Waals surface area (Å²) in [5, 5.41) is 9.75. The Morgan fingerprint density at radius 1 is 1.12 bits per heavy atom. The average Bonchev–Trinajstić information content (AvgIpc) is 3.28. The number of rotatable bonds is 3. The molecular formula is C27H41N3O2. The van der Waals surface area contributed by atoms with Crippen molar-refractivity contribution < 1.29 is 9.59 Å². The Kier molecular flexibility index (Phi) is 5.43. The lowest BCUT2D eigenvalue weighted by molar-refractivity contribution is -0.129. The van der Waals surface area contributed by atoms with Crippen molar-refractivity contribution in [3.05, 3.63) is 11.6 Å². The van der Waals surface area contributed by atoms with Gasteiger partial charge < -0.3 is 0 Å². The second kappa shape index (κ2) is 7.78. The first kappa shape index (κ1) is 22.3. The Balaban J connectivity index is 1.36. The number of hydrogen-bond acceptors (Lipinski definition) is 4. The van der Waals surface area contributed by atoms with Crippen LogP contribution in [0.4, 0.5) is 0 Å². The van der Waals surface area contributed by atoms with E-state index in [0.717, 1.165) is 43.2 Å². The topological polar surface area (TPSA) is 61.8 Å². The number of carbonyl (C=O) groups is 2. The van der Waals surface area contributed by atoms with E-state index in [4.69, 9.17) is 5.10 Å². The molecule has 1 N–H and O–H groups in total. The van der Waals surface area contributed by atoms with Crippen molar-refractivity contribution in [3.63, 3.8) is 0 Å². The number of amides is 1. The monoisotopic (exact) mass is 439 g/mol. The summed E-state index contributed by atoms with van der Waals surface area (Å²) < 4.78 is 0. The van der Waals surface area contributed by atoms with E-state index in [0.29, 0.717) is 18.4 Å². The fraction of sp³-hybridized carbons (Fsp3) is 0.815. The molecule has 5 rings (SSSR count). The van der Waals surface area contributed by atoms with Crippen molar-refractivity contribution in [1.29, 1.82) is 0 Å². The van der Waals surface area contributed by atoms with Crippen LogP contribution in [-0.2, 0) is 9.59 Å². The predicted molar refractivity (Wildman–Crippen MR) is 127 cm³/mol. The van der Waals surface area contributed by atoms with Crippen LogP contribution < -0.4 is 5.32 Å². The molecule has 7 atom stereocenters. The number of ketones is 1. The summed E-state index contributed by atoms with van der Waals surface area (Å²) in [5.41, 5.74) is 3.12. The van der Waals surface area contributed by atoms with E-state index in [1.54, 1.807) is 10.6 Å². The molecular weight excluding hydrogens is 398 g/mol. The Morgan fingerprint density at radius 3 is 2.59 bits per heavy atom. The van der Waals surface area contributed by atoms with Crippen molar-refractivity contribution in [2.24, 2.45) is 45.5 Å². The van der Waals surface area contributed by atoms with Crippen molar-refractivity contribution in [3.8, 4) is 0 Å². The van der Waals surface area contributed by atoms with Crippen molar-refractivity contribution >= 4 is 17.4 Å². The highest BCUT2D eigenvalue weighted by molar-refractivity contribution is 5.98. The number of hydrogen-bond donors (Lipinski definition) is 1. The molecule has 3 unspecified atom stereocenters. The summed E-state index contributed by atoms with van der Waals surface area (Å²) in [7, 11) is 0. The maximum atomic E-state index is 12.7. The van der Waals surface area contributed by atoms with Gasteiger partial charge in [-0.3, -0.25) is 14.9 Å². The molecule has 5 aliphatic rings. The van der Waals surface area contributed by atoms with Gasteiger partial charge in [0.05, 0.1) is 18.4 Å². The van der Waals surface area contributed by atoms with Crippen LogP contribution in [0.5, 0.6) is 0 Å². The highest BCUT2D eigenvalue weighted by Gasteiger charge is 2.59. The lowest BCUT2D eigenvalue weighted by Crippen LogP contribution is -2.51. The van der Waals surface area contributed by atoms with Crippen molar-refractivity contribution in [2.45, 2.75) is 92.0 Å². The minimum atomic E-state index is -0.113. The smallest absolute Gasteiger partial charge is 0.261 e. The largest absolute Gasteiger partial charge is 0.300 e. The molecule has 1 heterocycles. The minimum Gasteiger partial charge on any atom is -0.300 e. The molecule has 0 aromatic carbocycles. The Bertz CT molecular complexity index is 876. The van der Waals surface area contributed by atoms with E-state index in [1.807, 2.05) is 6.92 Å². The van der Waals surface area contributed by atoms with Crippen molar-refractivity contribution in [1.82, 2.24) is 10.3 Å². The van der Waals surface area contributed by atoms with Crippen LogP contribution in [0.1, 0.15) is 86.0 Å². The molecule has 32 heavy (non-hydrogen) atoms. The Hall–Kier alpha value is -1.49. The lowest BCUT2D eigenvalue weighted by atomic mass is 9.46. The van der Waals surface area contributed by atoms with Crippen LogP contribution in [0.15, 0.2) is 16.8 Å². The molecule has 0 aromatic rings. The third-order valence-electron chi connectivity index (χ3n) is 10.4. The maximum Gasteiger partial charge on any atom is 0.261 e. The highest BCUT2D eigenvalue weighted by atomic mass is 16.2. The third-order valence-corrected chi connectivity index (χ3v) is 10.4. The molecule has 1 amide bonds. The van der Waals surface area contributed by atoms with E-state index >= 15 is 0 Å². The fourth-order valence-corrected chi connectivity index (χ4v) is 8.59. The third kappa shape index (κ3) is 3.25. The molecule has 176 valence electrons. The Labute approximate surface area is 193 Å². The predicted octanol–water partition coefficient (Wildman–Crippen LogP) is 4.92. The summed E-state index contributed by atoms with van der Waals surface area (Å²) in [6.07, 6.45) is 11.6. The van der Waals surface area contributed by atoms with Gasteiger partial charge >= 0.3 is 0 Å². The normalized spacial score (nSPS) is 45.0. The first-order valence-electron chi connectivity index (χ1n) is 13.0. The standard InChI is InChI=1S/C27H41N3O2/c1-16(2)24-25(32)30(15-28-24)29-19-10-12-26(4)18(14-19)6-7-20-22-9-8-21(17(3)31)27(22,5)13-11-23(20)26/h14,16,20-24,28H,6-13,15H2,1-5H3/b29-19+/t20?,21-,22?,23?,24+,26+,27-/m1/s1. The molecule has 5 nitrogen and oxygen atoms in total. The van der Waals surface area contributed by atoms with Gasteiger partial charge in [0.25, 0.3) is 5.91 Å². The molecule has 0 aromatic heterocycles. The van der Waals surface area contributed by atoms with Gasteiger partial charge in [-0.1, -0.05) is 33.3 Å². The van der Waals surface area contributed by atoms with Crippen LogP contribution in [0.3, 0.4) is 0 Å². The van der Waals surface area contributed by atoms with E-state index in [2.05, 4.69) is 39.1 Å². The fourth-order valence-electron chi connectivity index (χ4n) is 8.59. The van der Waals surface area contributed by atoms with Gasteiger partial charge in [-0.15, -0.1) is 0 Å². The molecule has 5 heteroatoms. The molecule has 0 bridgehead atoms. The van der Waals surface area contributed by atoms with Gasteiger partial charge in [0.1, 0.15) is 5.78 Å². The summed E-state index contributed by atoms with van der Waals surface area (Å²) in [4.78, 5) is 25.0. The van der Waals surface area contributed by atoms with Gasteiger partial charge in [-0.05, 0) is 98.9 Å². The summed E-state index contributed by atoms with van der Waals surface area (Å²) in [5.74, 6) is 3.29. The molecule has 3 saturated carbocycles. The number of Topliss-reactive ketones (excluding diaryl/α,β-unsaturated/α-hetero) is 1. The lowest BCUT2D eigenvalue weighted by Gasteiger charge is -2.58. The zero-order valence-corrected chi connectivity index (χ0v) is 20.6. The summed E-state index contributed by atoms with van der Waals surface area (Å²) in [6, 6.07) is -0.113. The molecule has 1 saturated heterocycles. The zero-order chi connectivity index (χ0) is 22.8. The van der Waals surface area contributed by atoms with E-state index in [-0.39, 0.29) is 34.6 Å². The SMILES string of the molecule is CC(=O)[C@H]1CCC2C3CCC4=C/C(=N/N5CN[C@@H](C(C)C)C5=O)CC[C@]4(C)C3CC[C@@]21C. The second-order valence-corrected chi connectivity index (χ2v) is 12.2. The number of nitrogens with zero attached hydrogens (tertiary/aromatic N) is 2. The highest BCUT2D eigenvalue weighted by Crippen LogP contribution is 2.66. The number of allylic oxidation sites excluding steroid dienone is 2. The second-order valence-electron chi connectivity index (χ2n) is 12.2. The van der Waals surface area contributed by atoms with Crippen molar-refractivity contribution in [2.75, 3.05) is 6.67 Å². The van der Waals surface area contributed by atoms with Gasteiger partial charge in [0.15, 0.2) is 0 Å². The van der Waals surface area contributed by atoms with Crippen LogP contribution in [0.25, 0.3) is 0 Å². The number of hydrazone groups is 1. The van der Waals surface area contributed by atoms with E-state index in [1.165, 1.54) is 25.7 Å². The van der Waals surface area contributed by atoms with Crippen LogP contribution in [-0.4, -0.2) is 35.1 Å². The maximum absolute atomic E-state index is 12.7. The number of fused-ring (bicyclic) bond motifs is 5. The first-order valence-corrected chi connectivity index (χ1v) is 13.0. The van der Waals surface area contributed by atoms with Gasteiger partial charge in [0.2, 0.25) is 0 Å². The summed E-state index contributed by atoms with van der Waals surface area (Å²) >= 11 is 0. The number of nitrogens with one attached hydrogen (secondary N) is 1. The number of carbonyl (C=O) groups excluding carboxylic acids is 2. The molecule has 0 radical (unpaired) electrons. The average molecular weight is 440 g/mol. The van der Waals surface area contributed by atoms with Crippen LogP contribution in [0.2, 0.25) is 0 Å². The molecule has 4 fully saturated rings. The zero-order valence-electron chi connectivity index (χ0n) is 20.6. The minimum absolute atomic E-state index is 0.107.